The molecule has 0 spiro atoms. The summed E-state index contributed by atoms with van der Waals surface area (Å²) in [5, 5.41) is 12.2. The highest BCUT2D eigenvalue weighted by Gasteiger charge is 2.47. The standard InChI is InChI=1S/C22H23NO5/c1-3-28-22(24)19-14-13-18(15-9-11-17(27-2)12-10-15)21(23(25)26)20(19)16-7-5-4-6-8-16/h4-12,14,18,20-21H,3,13H2,1-2H3/t18-,20+,21-/m0/s1. The third-order valence-electron chi connectivity index (χ3n) is 5.14. The van der Waals surface area contributed by atoms with Crippen LogP contribution in [0.2, 0.25) is 0 Å². The van der Waals surface area contributed by atoms with Gasteiger partial charge in [-0.3, -0.25) is 10.1 Å². The van der Waals surface area contributed by atoms with Gasteiger partial charge in [-0.25, -0.2) is 4.79 Å². The van der Waals surface area contributed by atoms with E-state index in [1.807, 2.05) is 42.5 Å². The second-order valence-electron chi connectivity index (χ2n) is 6.66. The molecular weight excluding hydrogens is 358 g/mol. The largest absolute Gasteiger partial charge is 0.497 e. The van der Waals surface area contributed by atoms with Gasteiger partial charge in [-0.15, -0.1) is 0 Å². The van der Waals surface area contributed by atoms with E-state index in [0.29, 0.717) is 17.7 Å². The molecule has 0 fully saturated rings. The van der Waals surface area contributed by atoms with E-state index in [2.05, 4.69) is 0 Å². The minimum Gasteiger partial charge on any atom is -0.497 e. The molecule has 28 heavy (non-hydrogen) atoms. The summed E-state index contributed by atoms with van der Waals surface area (Å²) in [5.74, 6) is -0.823. The van der Waals surface area contributed by atoms with Gasteiger partial charge < -0.3 is 9.47 Å². The van der Waals surface area contributed by atoms with Gasteiger partial charge in [0.1, 0.15) is 5.75 Å². The fourth-order valence-electron chi connectivity index (χ4n) is 3.85. The van der Waals surface area contributed by atoms with Gasteiger partial charge >= 0.3 is 5.97 Å². The zero-order chi connectivity index (χ0) is 20.1. The SMILES string of the molecule is CCOC(=O)C1=CC[C@@H](c2ccc(OC)cc2)[C@H]([N+](=O)[O-])[C@@H]1c1ccccc1. The molecule has 146 valence electrons. The first kappa shape index (κ1) is 19.6. The molecule has 0 aliphatic heterocycles. The maximum Gasteiger partial charge on any atom is 0.334 e. The van der Waals surface area contributed by atoms with E-state index >= 15 is 0 Å². The molecule has 0 unspecified atom stereocenters. The van der Waals surface area contributed by atoms with Gasteiger partial charge in [0.15, 0.2) is 0 Å². The minimum absolute atomic E-state index is 0.225. The molecule has 6 heteroatoms. The first-order valence-electron chi connectivity index (χ1n) is 9.26. The molecule has 0 amide bonds. The number of benzene rings is 2. The summed E-state index contributed by atoms with van der Waals surface area (Å²) in [4.78, 5) is 24.5. The first-order chi connectivity index (χ1) is 13.6. The molecule has 0 N–H and O–H groups in total. The number of rotatable bonds is 6. The number of nitro groups is 1. The van der Waals surface area contributed by atoms with Crippen molar-refractivity contribution in [3.8, 4) is 5.75 Å². The van der Waals surface area contributed by atoms with Crippen molar-refractivity contribution >= 4 is 5.97 Å². The summed E-state index contributed by atoms with van der Waals surface area (Å²) < 4.78 is 10.4. The van der Waals surface area contributed by atoms with Crippen LogP contribution >= 0.6 is 0 Å². The molecule has 6 nitrogen and oxygen atoms in total. The fourth-order valence-corrected chi connectivity index (χ4v) is 3.85. The van der Waals surface area contributed by atoms with Crippen molar-refractivity contribution in [3.05, 3.63) is 87.5 Å². The van der Waals surface area contributed by atoms with Crippen LogP contribution in [0.1, 0.15) is 36.3 Å². The van der Waals surface area contributed by atoms with Crippen LogP contribution in [0.3, 0.4) is 0 Å². The van der Waals surface area contributed by atoms with E-state index < -0.39 is 17.9 Å². The Balaban J connectivity index is 2.08. The quantitative estimate of drug-likeness (QED) is 0.428. The van der Waals surface area contributed by atoms with Crippen molar-refractivity contribution in [2.45, 2.75) is 31.2 Å². The Labute approximate surface area is 163 Å². The number of esters is 1. The number of allylic oxidation sites excluding steroid dienone is 1. The molecule has 0 saturated carbocycles. The molecule has 2 aromatic rings. The lowest BCUT2D eigenvalue weighted by molar-refractivity contribution is -0.530. The summed E-state index contributed by atoms with van der Waals surface area (Å²) in [6.07, 6.45) is 2.19. The molecule has 0 aromatic heterocycles. The van der Waals surface area contributed by atoms with E-state index in [-0.39, 0.29) is 17.4 Å². The lowest BCUT2D eigenvalue weighted by Crippen LogP contribution is -2.39. The summed E-state index contributed by atoms with van der Waals surface area (Å²) >= 11 is 0. The maximum absolute atomic E-state index is 12.5. The Bertz CT molecular complexity index is 860. The highest BCUT2D eigenvalue weighted by Crippen LogP contribution is 2.44. The molecular formula is C22H23NO5. The molecule has 1 aliphatic carbocycles. The molecule has 0 heterocycles. The number of methoxy groups -OCH3 is 1. The Hall–Kier alpha value is -3.15. The predicted molar refractivity (Wildman–Crippen MR) is 105 cm³/mol. The second kappa shape index (κ2) is 8.69. The summed E-state index contributed by atoms with van der Waals surface area (Å²) in [5.41, 5.74) is 1.95. The van der Waals surface area contributed by atoms with Crippen LogP contribution in [0.25, 0.3) is 0 Å². The molecule has 0 bridgehead atoms. The molecule has 3 rings (SSSR count). The Morgan fingerprint density at radius 3 is 2.36 bits per heavy atom. The van der Waals surface area contributed by atoms with Gasteiger partial charge in [-0.2, -0.15) is 0 Å². The Morgan fingerprint density at radius 1 is 1.11 bits per heavy atom. The van der Waals surface area contributed by atoms with E-state index in [4.69, 9.17) is 9.47 Å². The topological polar surface area (TPSA) is 78.7 Å². The van der Waals surface area contributed by atoms with E-state index in [0.717, 1.165) is 11.1 Å². The number of nitrogens with zero attached hydrogens (tertiary/aromatic N) is 1. The lowest BCUT2D eigenvalue weighted by atomic mass is 9.71. The van der Waals surface area contributed by atoms with Crippen molar-refractivity contribution in [3.63, 3.8) is 0 Å². The van der Waals surface area contributed by atoms with Gasteiger partial charge in [0, 0.05) is 10.5 Å². The highest BCUT2D eigenvalue weighted by molar-refractivity contribution is 5.90. The third-order valence-corrected chi connectivity index (χ3v) is 5.14. The van der Waals surface area contributed by atoms with Crippen molar-refractivity contribution < 1.29 is 19.2 Å². The minimum atomic E-state index is -0.972. The summed E-state index contributed by atoms with van der Waals surface area (Å²) in [7, 11) is 1.58. The molecule has 3 atom stereocenters. The number of hydrogen-bond donors (Lipinski definition) is 0. The van der Waals surface area contributed by atoms with E-state index in [9.17, 15) is 14.9 Å². The zero-order valence-electron chi connectivity index (χ0n) is 15.9. The number of hydrogen-bond acceptors (Lipinski definition) is 5. The number of carbonyl (C=O) groups is 1. The van der Waals surface area contributed by atoms with Crippen LogP contribution in [0.5, 0.6) is 5.75 Å². The van der Waals surface area contributed by atoms with Crippen LogP contribution in [0.4, 0.5) is 0 Å². The highest BCUT2D eigenvalue weighted by atomic mass is 16.6. The van der Waals surface area contributed by atoms with Crippen molar-refractivity contribution in [2.75, 3.05) is 13.7 Å². The molecule has 0 saturated heterocycles. The van der Waals surface area contributed by atoms with Crippen LogP contribution in [0, 0.1) is 10.1 Å². The normalized spacial score (nSPS) is 21.5. The monoisotopic (exact) mass is 381 g/mol. The van der Waals surface area contributed by atoms with E-state index in [1.165, 1.54) is 0 Å². The maximum atomic E-state index is 12.5. The Morgan fingerprint density at radius 2 is 1.79 bits per heavy atom. The van der Waals surface area contributed by atoms with Crippen molar-refractivity contribution in [1.29, 1.82) is 0 Å². The second-order valence-corrected chi connectivity index (χ2v) is 6.66. The average molecular weight is 381 g/mol. The number of carbonyl (C=O) groups excluding carboxylic acids is 1. The summed E-state index contributed by atoms with van der Waals surface area (Å²) in [6, 6.07) is 15.5. The lowest BCUT2D eigenvalue weighted by Gasteiger charge is -2.32. The third kappa shape index (κ3) is 3.91. The van der Waals surface area contributed by atoms with Crippen molar-refractivity contribution in [1.82, 2.24) is 0 Å². The van der Waals surface area contributed by atoms with Crippen LogP contribution in [-0.4, -0.2) is 30.7 Å². The summed E-state index contributed by atoms with van der Waals surface area (Å²) in [6.45, 7) is 1.95. The van der Waals surface area contributed by atoms with E-state index in [1.54, 1.807) is 32.2 Å². The first-order valence-corrected chi connectivity index (χ1v) is 9.26. The van der Waals surface area contributed by atoms with Crippen molar-refractivity contribution in [2.24, 2.45) is 0 Å². The van der Waals surface area contributed by atoms with Gasteiger partial charge in [0.2, 0.25) is 6.04 Å². The van der Waals surface area contributed by atoms with Gasteiger partial charge in [-0.05, 0) is 36.6 Å². The van der Waals surface area contributed by atoms with Crippen LogP contribution in [0.15, 0.2) is 66.2 Å². The predicted octanol–water partition coefficient (Wildman–Crippen LogP) is 4.10. The average Bonchev–Trinajstić information content (AvgIpc) is 2.73. The van der Waals surface area contributed by atoms with Crippen LogP contribution in [-0.2, 0) is 9.53 Å². The van der Waals surface area contributed by atoms with Gasteiger partial charge in [0.05, 0.1) is 25.6 Å². The smallest absolute Gasteiger partial charge is 0.334 e. The van der Waals surface area contributed by atoms with Gasteiger partial charge in [-0.1, -0.05) is 48.5 Å². The fraction of sp³-hybridized carbons (Fsp3) is 0.318. The van der Waals surface area contributed by atoms with Crippen LogP contribution < -0.4 is 4.74 Å². The molecule has 1 aliphatic rings. The Kier molecular flexibility index (Phi) is 6.09. The molecule has 2 aromatic carbocycles. The zero-order valence-corrected chi connectivity index (χ0v) is 15.9. The van der Waals surface area contributed by atoms with Gasteiger partial charge in [0.25, 0.3) is 0 Å². The molecule has 0 radical (unpaired) electrons. The number of ether oxygens (including phenoxy) is 2.